The van der Waals surface area contributed by atoms with Crippen molar-refractivity contribution < 1.29 is 4.39 Å². The molecule has 0 aliphatic carbocycles. The average Bonchev–Trinajstić information content (AvgIpc) is 2.15. The summed E-state index contributed by atoms with van der Waals surface area (Å²) in [5, 5.41) is 2.98. The normalized spacial score (nSPS) is 19.0. The molecule has 1 aromatic rings. The van der Waals surface area contributed by atoms with Crippen LogP contribution in [0.25, 0.3) is 0 Å². The van der Waals surface area contributed by atoms with Crippen molar-refractivity contribution in [2.75, 3.05) is 13.1 Å². The minimum atomic E-state index is -1.11. The minimum Gasteiger partial charge on any atom is -0.310 e. The second-order valence-electron chi connectivity index (χ2n) is 4.02. The van der Waals surface area contributed by atoms with Crippen molar-refractivity contribution in [2.24, 2.45) is 0 Å². The highest BCUT2D eigenvalue weighted by molar-refractivity contribution is 5.31. The van der Waals surface area contributed by atoms with Gasteiger partial charge in [0.2, 0.25) is 0 Å². The van der Waals surface area contributed by atoms with Gasteiger partial charge in [-0.1, -0.05) is 37.6 Å². The molecule has 0 saturated carbocycles. The maximum atomic E-state index is 14.0. The fraction of sp³-hybridized carbons (Fsp3) is 0.500. The summed E-state index contributed by atoms with van der Waals surface area (Å²) >= 11 is 0. The van der Waals surface area contributed by atoms with Gasteiger partial charge in [-0.2, -0.15) is 0 Å². The lowest BCUT2D eigenvalue weighted by Gasteiger charge is -2.35. The summed E-state index contributed by atoms with van der Waals surface area (Å²) in [7, 11) is 0. The summed E-state index contributed by atoms with van der Waals surface area (Å²) in [4.78, 5) is 0. The van der Waals surface area contributed by atoms with Gasteiger partial charge in [0.25, 0.3) is 0 Å². The Bertz CT molecular complexity index is 318. The van der Waals surface area contributed by atoms with Gasteiger partial charge in [0.15, 0.2) is 5.67 Å². The van der Waals surface area contributed by atoms with Crippen molar-refractivity contribution >= 4 is 0 Å². The topological polar surface area (TPSA) is 12.0 Å². The van der Waals surface area contributed by atoms with Crippen LogP contribution in [0.15, 0.2) is 24.3 Å². The number of alkyl halides is 1. The molecule has 1 fully saturated rings. The fourth-order valence-corrected chi connectivity index (χ4v) is 1.84. The van der Waals surface area contributed by atoms with Crippen molar-refractivity contribution in [1.82, 2.24) is 5.32 Å². The summed E-state index contributed by atoms with van der Waals surface area (Å²) in [6.07, 6.45) is 2.15. The van der Waals surface area contributed by atoms with Crippen LogP contribution in [0.1, 0.15) is 24.5 Å². The van der Waals surface area contributed by atoms with Gasteiger partial charge in [-0.15, -0.1) is 0 Å². The Labute approximate surface area is 84.3 Å². The summed E-state index contributed by atoms with van der Waals surface area (Å²) in [5.41, 5.74) is 0.972. The molecule has 0 unspecified atom stereocenters. The van der Waals surface area contributed by atoms with Crippen LogP contribution in [0.2, 0.25) is 0 Å². The van der Waals surface area contributed by atoms with Crippen LogP contribution in [0, 0.1) is 0 Å². The maximum Gasteiger partial charge on any atom is 0.160 e. The predicted octanol–water partition coefficient (Wildman–Crippen LogP) is 2.41. The molecular formula is C12H16FN. The molecule has 1 saturated heterocycles. The molecule has 0 aromatic heterocycles. The standard InChI is InChI=1S/C12H16FN/c1-2-4-10-5-3-6-11(7-10)12(13)8-14-9-12/h3,5-7,14H,2,4,8-9H2,1H3. The maximum absolute atomic E-state index is 14.0. The third kappa shape index (κ3) is 1.67. The van der Waals surface area contributed by atoms with E-state index in [1.54, 1.807) is 0 Å². The Morgan fingerprint density at radius 1 is 1.43 bits per heavy atom. The molecule has 1 aliphatic rings. The Balaban J connectivity index is 2.21. The van der Waals surface area contributed by atoms with Gasteiger partial charge < -0.3 is 5.32 Å². The van der Waals surface area contributed by atoms with E-state index in [0.29, 0.717) is 13.1 Å². The van der Waals surface area contributed by atoms with Crippen molar-refractivity contribution in [2.45, 2.75) is 25.4 Å². The van der Waals surface area contributed by atoms with Crippen LogP contribution in [-0.2, 0) is 12.1 Å². The SMILES string of the molecule is CCCc1cccc(C2(F)CNC2)c1. The van der Waals surface area contributed by atoms with E-state index in [0.717, 1.165) is 18.4 Å². The molecule has 1 nitrogen and oxygen atoms in total. The van der Waals surface area contributed by atoms with Crippen LogP contribution >= 0.6 is 0 Å². The number of aryl methyl sites for hydroxylation is 1. The third-order valence-corrected chi connectivity index (χ3v) is 2.79. The molecule has 0 bridgehead atoms. The summed E-state index contributed by atoms with van der Waals surface area (Å²) in [6, 6.07) is 7.92. The molecule has 76 valence electrons. The minimum absolute atomic E-state index is 0.461. The van der Waals surface area contributed by atoms with Crippen molar-refractivity contribution in [3.05, 3.63) is 35.4 Å². The number of benzene rings is 1. The van der Waals surface area contributed by atoms with Crippen LogP contribution < -0.4 is 5.32 Å². The number of halogens is 1. The molecule has 14 heavy (non-hydrogen) atoms. The Hall–Kier alpha value is -0.890. The molecule has 1 aromatic carbocycles. The number of hydrogen-bond acceptors (Lipinski definition) is 1. The zero-order chi connectivity index (χ0) is 10.0. The lowest BCUT2D eigenvalue weighted by molar-refractivity contribution is 0.0891. The third-order valence-electron chi connectivity index (χ3n) is 2.79. The monoisotopic (exact) mass is 193 g/mol. The molecular weight excluding hydrogens is 177 g/mol. The Kier molecular flexibility index (Phi) is 2.55. The average molecular weight is 193 g/mol. The lowest BCUT2D eigenvalue weighted by Crippen LogP contribution is -2.53. The first-order valence-corrected chi connectivity index (χ1v) is 5.24. The zero-order valence-corrected chi connectivity index (χ0v) is 8.52. The van der Waals surface area contributed by atoms with E-state index in [4.69, 9.17) is 0 Å². The second-order valence-corrected chi connectivity index (χ2v) is 4.02. The van der Waals surface area contributed by atoms with E-state index in [1.165, 1.54) is 5.56 Å². The highest BCUT2D eigenvalue weighted by atomic mass is 19.1. The smallest absolute Gasteiger partial charge is 0.160 e. The van der Waals surface area contributed by atoms with Crippen LogP contribution in [0.5, 0.6) is 0 Å². The quantitative estimate of drug-likeness (QED) is 0.777. The van der Waals surface area contributed by atoms with Gasteiger partial charge in [0.1, 0.15) is 0 Å². The second kappa shape index (κ2) is 3.70. The molecule has 1 heterocycles. The van der Waals surface area contributed by atoms with Crippen LogP contribution in [0.4, 0.5) is 4.39 Å². The number of nitrogens with one attached hydrogen (secondary N) is 1. The van der Waals surface area contributed by atoms with Crippen molar-refractivity contribution in [3.8, 4) is 0 Å². The molecule has 0 atom stereocenters. The zero-order valence-electron chi connectivity index (χ0n) is 8.52. The van der Waals surface area contributed by atoms with E-state index < -0.39 is 5.67 Å². The van der Waals surface area contributed by atoms with Crippen LogP contribution in [-0.4, -0.2) is 13.1 Å². The largest absolute Gasteiger partial charge is 0.310 e. The molecule has 0 amide bonds. The summed E-state index contributed by atoms with van der Waals surface area (Å²) in [6.45, 7) is 3.06. The van der Waals surface area contributed by atoms with E-state index >= 15 is 0 Å². The van der Waals surface area contributed by atoms with Crippen molar-refractivity contribution in [1.29, 1.82) is 0 Å². The van der Waals surface area contributed by atoms with Gasteiger partial charge >= 0.3 is 0 Å². The molecule has 0 spiro atoms. The highest BCUT2D eigenvalue weighted by Crippen LogP contribution is 2.30. The van der Waals surface area contributed by atoms with Gasteiger partial charge in [0.05, 0.1) is 0 Å². The van der Waals surface area contributed by atoms with Gasteiger partial charge in [0, 0.05) is 13.1 Å². The molecule has 1 N–H and O–H groups in total. The van der Waals surface area contributed by atoms with Gasteiger partial charge in [-0.25, -0.2) is 4.39 Å². The van der Waals surface area contributed by atoms with E-state index in [1.807, 2.05) is 18.2 Å². The number of hydrogen-bond donors (Lipinski definition) is 1. The Morgan fingerprint density at radius 3 is 2.79 bits per heavy atom. The first-order valence-electron chi connectivity index (χ1n) is 5.24. The van der Waals surface area contributed by atoms with Gasteiger partial charge in [-0.3, -0.25) is 0 Å². The molecule has 0 radical (unpaired) electrons. The first kappa shape index (κ1) is 9.66. The number of rotatable bonds is 3. The van der Waals surface area contributed by atoms with E-state index in [-0.39, 0.29) is 0 Å². The molecule has 2 heteroatoms. The lowest BCUT2D eigenvalue weighted by atomic mass is 9.89. The predicted molar refractivity (Wildman–Crippen MR) is 56.1 cm³/mol. The van der Waals surface area contributed by atoms with Gasteiger partial charge in [-0.05, 0) is 17.5 Å². The molecule has 1 aliphatic heterocycles. The first-order chi connectivity index (χ1) is 6.74. The van der Waals surface area contributed by atoms with E-state index in [9.17, 15) is 4.39 Å². The fourth-order valence-electron chi connectivity index (χ4n) is 1.84. The summed E-state index contributed by atoms with van der Waals surface area (Å²) < 4.78 is 14.0. The van der Waals surface area contributed by atoms with Crippen LogP contribution in [0.3, 0.4) is 0 Å². The molecule has 2 rings (SSSR count). The van der Waals surface area contributed by atoms with E-state index in [2.05, 4.69) is 18.3 Å². The van der Waals surface area contributed by atoms with Crippen molar-refractivity contribution in [3.63, 3.8) is 0 Å². The highest BCUT2D eigenvalue weighted by Gasteiger charge is 2.38. The Morgan fingerprint density at radius 2 is 2.21 bits per heavy atom. The summed E-state index contributed by atoms with van der Waals surface area (Å²) in [5.74, 6) is 0.